The molecule has 0 saturated carbocycles. The van der Waals surface area contributed by atoms with Gasteiger partial charge in [-0.25, -0.2) is 4.99 Å². The highest BCUT2D eigenvalue weighted by Gasteiger charge is 2.28. The minimum atomic E-state index is -1.06. The molecule has 174 valence electrons. The van der Waals surface area contributed by atoms with E-state index >= 15 is 0 Å². The van der Waals surface area contributed by atoms with Gasteiger partial charge in [-0.15, -0.1) is 24.0 Å². The Morgan fingerprint density at radius 3 is 2.47 bits per heavy atom. The third-order valence-electron chi connectivity index (χ3n) is 5.80. The van der Waals surface area contributed by atoms with Crippen molar-refractivity contribution in [3.63, 3.8) is 0 Å². The maximum atomic E-state index is 10.8. The Morgan fingerprint density at radius 2 is 1.93 bits per heavy atom. The zero-order chi connectivity index (χ0) is 21.3. The minimum Gasteiger partial charge on any atom is -0.383 e. The highest BCUT2D eigenvalue weighted by atomic mass is 127. The third-order valence-corrected chi connectivity index (χ3v) is 5.80. The fourth-order valence-corrected chi connectivity index (χ4v) is 3.90. The van der Waals surface area contributed by atoms with Crippen LogP contribution < -0.4 is 10.6 Å². The fraction of sp³-hybridized carbons (Fsp3) is 0.810. The first-order chi connectivity index (χ1) is 13.9. The van der Waals surface area contributed by atoms with Gasteiger partial charge in [-0.05, 0) is 19.8 Å². The number of nitrogens with one attached hydrogen (secondary N) is 2. The molecular weight excluding hydrogens is 495 g/mol. The molecule has 2 rings (SSSR count). The van der Waals surface area contributed by atoms with Crippen LogP contribution in [0, 0.1) is 5.92 Å². The summed E-state index contributed by atoms with van der Waals surface area (Å²) in [7, 11) is 1.85. The van der Waals surface area contributed by atoms with Crippen molar-refractivity contribution >= 4 is 29.9 Å². The van der Waals surface area contributed by atoms with Crippen LogP contribution in [0.1, 0.15) is 46.1 Å². The van der Waals surface area contributed by atoms with Crippen LogP contribution in [0.4, 0.5) is 0 Å². The number of aromatic nitrogens is 2. The van der Waals surface area contributed by atoms with Crippen molar-refractivity contribution in [3.8, 4) is 0 Å². The number of halogens is 1. The Bertz CT molecular complexity index is 627. The number of hydrogen-bond acceptors (Lipinski definition) is 5. The molecule has 1 aliphatic heterocycles. The predicted octanol–water partition coefficient (Wildman–Crippen LogP) is 1.94. The lowest BCUT2D eigenvalue weighted by Gasteiger charge is -2.39. The summed E-state index contributed by atoms with van der Waals surface area (Å²) in [5.74, 6) is 1.36. The zero-order valence-corrected chi connectivity index (χ0v) is 21.6. The molecule has 2 atom stereocenters. The standard InChI is InChI=1S/C21H40N6O2.HI/c1-6-17(7-2)19(27-9-11-29-12-10-27)14-23-20(22-8-3)24-16-21(4,28)18-13-25-26(5)15-18;/h13,15,17,19,28H,6-12,14,16H2,1-5H3,(H2,22,23,24);1H. The molecule has 0 amide bonds. The van der Waals surface area contributed by atoms with Crippen LogP contribution in [0.5, 0.6) is 0 Å². The molecule has 1 aromatic heterocycles. The summed E-state index contributed by atoms with van der Waals surface area (Å²) >= 11 is 0. The largest absolute Gasteiger partial charge is 0.383 e. The molecule has 3 N–H and O–H groups in total. The molecule has 1 saturated heterocycles. The van der Waals surface area contributed by atoms with E-state index in [1.807, 2.05) is 13.2 Å². The molecule has 8 nitrogen and oxygen atoms in total. The van der Waals surface area contributed by atoms with Crippen molar-refractivity contribution in [2.45, 2.75) is 52.2 Å². The number of morpholine rings is 1. The third kappa shape index (κ3) is 7.97. The number of ether oxygens (including phenoxy) is 1. The predicted molar refractivity (Wildman–Crippen MR) is 132 cm³/mol. The molecule has 1 aromatic rings. The van der Waals surface area contributed by atoms with E-state index < -0.39 is 5.60 Å². The van der Waals surface area contributed by atoms with Gasteiger partial charge in [-0.2, -0.15) is 5.10 Å². The van der Waals surface area contributed by atoms with E-state index in [1.54, 1.807) is 17.8 Å². The SMILES string of the molecule is CCNC(=NCC(C)(O)c1cnn(C)c1)NCC(C(CC)CC)N1CCOCC1.I. The van der Waals surface area contributed by atoms with Crippen molar-refractivity contribution < 1.29 is 9.84 Å². The van der Waals surface area contributed by atoms with E-state index in [0.29, 0.717) is 12.0 Å². The van der Waals surface area contributed by atoms with E-state index in [4.69, 9.17) is 4.74 Å². The van der Waals surface area contributed by atoms with Crippen molar-refractivity contribution in [2.24, 2.45) is 18.0 Å². The van der Waals surface area contributed by atoms with Gasteiger partial charge < -0.3 is 20.5 Å². The lowest BCUT2D eigenvalue weighted by atomic mass is 9.92. The molecule has 0 spiro atoms. The molecule has 0 aliphatic carbocycles. The van der Waals surface area contributed by atoms with Crippen molar-refractivity contribution in [1.82, 2.24) is 25.3 Å². The van der Waals surface area contributed by atoms with Crippen LogP contribution in [0.2, 0.25) is 0 Å². The number of aliphatic imine (C=N–C) groups is 1. The summed E-state index contributed by atoms with van der Waals surface area (Å²) in [5, 5.41) is 21.8. The van der Waals surface area contributed by atoms with Gasteiger partial charge in [0.1, 0.15) is 5.60 Å². The van der Waals surface area contributed by atoms with Crippen LogP contribution in [-0.4, -0.2) is 77.7 Å². The highest BCUT2D eigenvalue weighted by molar-refractivity contribution is 14.0. The smallest absolute Gasteiger partial charge is 0.191 e. The summed E-state index contributed by atoms with van der Waals surface area (Å²) in [6.45, 7) is 13.8. The summed E-state index contributed by atoms with van der Waals surface area (Å²) in [4.78, 5) is 7.21. The first-order valence-electron chi connectivity index (χ1n) is 11.0. The topological polar surface area (TPSA) is 86.9 Å². The molecule has 1 fully saturated rings. The number of rotatable bonds is 10. The summed E-state index contributed by atoms with van der Waals surface area (Å²) in [5.41, 5.74) is -0.293. The number of aliphatic hydroxyl groups is 1. The van der Waals surface area contributed by atoms with E-state index in [9.17, 15) is 5.11 Å². The molecule has 2 heterocycles. The Balaban J connectivity index is 0.00000450. The Kier molecular flexibility index (Phi) is 12.2. The fourth-order valence-electron chi connectivity index (χ4n) is 3.90. The van der Waals surface area contributed by atoms with Gasteiger partial charge in [0.05, 0.1) is 26.0 Å². The van der Waals surface area contributed by atoms with E-state index in [1.165, 1.54) is 0 Å². The number of hydrogen-bond donors (Lipinski definition) is 3. The maximum absolute atomic E-state index is 10.8. The van der Waals surface area contributed by atoms with Crippen molar-refractivity contribution in [2.75, 3.05) is 45.9 Å². The van der Waals surface area contributed by atoms with Gasteiger partial charge in [0.2, 0.25) is 0 Å². The average Bonchev–Trinajstić information content (AvgIpc) is 3.17. The van der Waals surface area contributed by atoms with E-state index in [0.717, 1.165) is 63.8 Å². The van der Waals surface area contributed by atoms with Crippen molar-refractivity contribution in [3.05, 3.63) is 18.0 Å². The van der Waals surface area contributed by atoms with Gasteiger partial charge in [0.25, 0.3) is 0 Å². The van der Waals surface area contributed by atoms with Gasteiger partial charge in [0.15, 0.2) is 5.96 Å². The molecule has 2 unspecified atom stereocenters. The summed E-state index contributed by atoms with van der Waals surface area (Å²) < 4.78 is 7.24. The summed E-state index contributed by atoms with van der Waals surface area (Å²) in [6, 6.07) is 0.441. The lowest BCUT2D eigenvalue weighted by molar-refractivity contribution is 0.00270. The molecular formula is C21H41IN6O2. The van der Waals surface area contributed by atoms with Crippen molar-refractivity contribution in [1.29, 1.82) is 0 Å². The second-order valence-corrected chi connectivity index (χ2v) is 8.04. The second kappa shape index (κ2) is 13.5. The Hall–Kier alpha value is -0.910. The van der Waals surface area contributed by atoms with Crippen LogP contribution in [0.3, 0.4) is 0 Å². The van der Waals surface area contributed by atoms with E-state index in [-0.39, 0.29) is 30.5 Å². The molecule has 30 heavy (non-hydrogen) atoms. The average molecular weight is 537 g/mol. The molecule has 9 heteroatoms. The van der Waals surface area contributed by atoms with E-state index in [2.05, 4.69) is 46.4 Å². The normalized spacial score (nSPS) is 18.6. The Labute approximate surface area is 198 Å². The molecule has 0 aromatic carbocycles. The summed E-state index contributed by atoms with van der Waals surface area (Å²) in [6.07, 6.45) is 5.84. The number of nitrogens with zero attached hydrogens (tertiary/aromatic N) is 4. The van der Waals surface area contributed by atoms with Crippen LogP contribution in [0.25, 0.3) is 0 Å². The maximum Gasteiger partial charge on any atom is 0.191 e. The monoisotopic (exact) mass is 536 g/mol. The first kappa shape index (κ1) is 27.1. The molecule has 1 aliphatic rings. The highest BCUT2D eigenvalue weighted by Crippen LogP contribution is 2.21. The number of guanidine groups is 1. The van der Waals surface area contributed by atoms with Gasteiger partial charge in [-0.3, -0.25) is 9.58 Å². The van der Waals surface area contributed by atoms with Crippen LogP contribution >= 0.6 is 24.0 Å². The van der Waals surface area contributed by atoms with Crippen LogP contribution in [0.15, 0.2) is 17.4 Å². The van der Waals surface area contributed by atoms with Gasteiger partial charge in [-0.1, -0.05) is 26.7 Å². The molecule has 0 bridgehead atoms. The Morgan fingerprint density at radius 1 is 1.27 bits per heavy atom. The minimum absolute atomic E-state index is 0. The molecule has 0 radical (unpaired) electrons. The quantitative estimate of drug-likeness (QED) is 0.241. The lowest BCUT2D eigenvalue weighted by Crippen LogP contribution is -2.53. The number of aryl methyl sites for hydroxylation is 1. The first-order valence-corrected chi connectivity index (χ1v) is 11.0. The van der Waals surface area contributed by atoms with Gasteiger partial charge in [0, 0.05) is 51.0 Å². The van der Waals surface area contributed by atoms with Gasteiger partial charge >= 0.3 is 0 Å². The second-order valence-electron chi connectivity index (χ2n) is 8.04. The van der Waals surface area contributed by atoms with Crippen LogP contribution in [-0.2, 0) is 17.4 Å². The zero-order valence-electron chi connectivity index (χ0n) is 19.2.